The summed E-state index contributed by atoms with van der Waals surface area (Å²) in [6, 6.07) is 6.03. The summed E-state index contributed by atoms with van der Waals surface area (Å²) in [7, 11) is 0. The summed E-state index contributed by atoms with van der Waals surface area (Å²) in [4.78, 5) is 24.4. The number of aryl methyl sites for hydroxylation is 1. The van der Waals surface area contributed by atoms with Gasteiger partial charge in [-0.3, -0.25) is 9.59 Å². The van der Waals surface area contributed by atoms with Crippen molar-refractivity contribution in [3.63, 3.8) is 0 Å². The predicted molar refractivity (Wildman–Crippen MR) is 63.1 cm³/mol. The normalized spacial score (nSPS) is 13.4. The predicted octanol–water partition coefficient (Wildman–Crippen LogP) is 2.32. The maximum absolute atomic E-state index is 12.2. The maximum atomic E-state index is 12.2. The van der Waals surface area contributed by atoms with Gasteiger partial charge in [-0.25, -0.2) is 0 Å². The van der Waals surface area contributed by atoms with Gasteiger partial charge in [0.15, 0.2) is 5.76 Å². The third-order valence-corrected chi connectivity index (χ3v) is 3.10. The average molecular weight is 242 g/mol. The Morgan fingerprint density at radius 1 is 1.17 bits per heavy atom. The molecule has 0 amide bonds. The van der Waals surface area contributed by atoms with Crippen molar-refractivity contribution in [3.05, 3.63) is 52.5 Å². The molecule has 2 aromatic rings. The van der Waals surface area contributed by atoms with Crippen LogP contribution in [0, 0.1) is 0 Å². The van der Waals surface area contributed by atoms with Gasteiger partial charge >= 0.3 is 0 Å². The Morgan fingerprint density at radius 3 is 2.67 bits per heavy atom. The second kappa shape index (κ2) is 3.57. The minimum absolute atomic E-state index is 0.0680. The standard InChI is InChI=1S/C14H10O4/c1-2-7-6-9-12(16)11-8(4-3-5-10(11)15)13(17)14(9)18-7/h3-6,15H,2H2,1H3. The first-order valence-electron chi connectivity index (χ1n) is 5.67. The molecule has 0 atom stereocenters. The fourth-order valence-electron chi connectivity index (χ4n) is 2.18. The van der Waals surface area contributed by atoms with Gasteiger partial charge in [0.1, 0.15) is 11.5 Å². The van der Waals surface area contributed by atoms with Gasteiger partial charge in [0, 0.05) is 12.0 Å². The summed E-state index contributed by atoms with van der Waals surface area (Å²) in [5.74, 6) is -0.212. The number of benzene rings is 1. The third kappa shape index (κ3) is 1.26. The number of phenolic OH excluding ortho intramolecular Hbond substituents is 1. The minimum atomic E-state index is -0.360. The highest BCUT2D eigenvalue weighted by molar-refractivity contribution is 6.28. The van der Waals surface area contributed by atoms with Crippen LogP contribution >= 0.6 is 0 Å². The van der Waals surface area contributed by atoms with Crippen LogP contribution in [0.25, 0.3) is 0 Å². The van der Waals surface area contributed by atoms with Crippen molar-refractivity contribution in [2.75, 3.05) is 0 Å². The third-order valence-electron chi connectivity index (χ3n) is 3.10. The molecule has 0 saturated heterocycles. The minimum Gasteiger partial charge on any atom is -0.507 e. The number of hydrogen-bond donors (Lipinski definition) is 1. The van der Waals surface area contributed by atoms with Gasteiger partial charge in [-0.2, -0.15) is 0 Å². The quantitative estimate of drug-likeness (QED) is 0.711. The Kier molecular flexibility index (Phi) is 2.13. The Labute approximate surface area is 103 Å². The van der Waals surface area contributed by atoms with Crippen molar-refractivity contribution in [1.82, 2.24) is 0 Å². The smallest absolute Gasteiger partial charge is 0.229 e. The lowest BCUT2D eigenvalue weighted by Gasteiger charge is -2.13. The zero-order chi connectivity index (χ0) is 12.9. The number of rotatable bonds is 1. The van der Waals surface area contributed by atoms with Crippen LogP contribution in [0.5, 0.6) is 5.75 Å². The molecule has 0 saturated carbocycles. The molecular weight excluding hydrogens is 232 g/mol. The Bertz CT molecular complexity index is 679. The molecular formula is C14H10O4. The van der Waals surface area contributed by atoms with E-state index in [4.69, 9.17) is 4.42 Å². The van der Waals surface area contributed by atoms with E-state index in [0.29, 0.717) is 12.2 Å². The lowest BCUT2D eigenvalue weighted by molar-refractivity contribution is 0.0957. The first kappa shape index (κ1) is 10.8. The van der Waals surface area contributed by atoms with Gasteiger partial charge in [-0.1, -0.05) is 13.0 Å². The second-order valence-electron chi connectivity index (χ2n) is 4.17. The van der Waals surface area contributed by atoms with Crippen molar-refractivity contribution in [2.24, 2.45) is 0 Å². The lowest BCUT2D eigenvalue weighted by Crippen LogP contribution is -2.19. The summed E-state index contributed by atoms with van der Waals surface area (Å²) in [5.41, 5.74) is 0.508. The molecule has 18 heavy (non-hydrogen) atoms. The molecule has 0 spiro atoms. The first-order chi connectivity index (χ1) is 8.63. The molecule has 0 unspecified atom stereocenters. The monoisotopic (exact) mass is 242 g/mol. The van der Waals surface area contributed by atoms with Gasteiger partial charge in [-0.15, -0.1) is 0 Å². The van der Waals surface area contributed by atoms with Crippen molar-refractivity contribution in [1.29, 1.82) is 0 Å². The molecule has 1 aromatic heterocycles. The van der Waals surface area contributed by atoms with E-state index < -0.39 is 0 Å². The molecule has 90 valence electrons. The van der Waals surface area contributed by atoms with Gasteiger partial charge in [0.25, 0.3) is 0 Å². The molecule has 1 aromatic carbocycles. The summed E-state index contributed by atoms with van der Waals surface area (Å²) in [5, 5.41) is 9.73. The Balaban J connectivity index is 2.30. The molecule has 0 radical (unpaired) electrons. The van der Waals surface area contributed by atoms with Crippen LogP contribution in [0.15, 0.2) is 28.7 Å². The van der Waals surface area contributed by atoms with E-state index in [0.717, 1.165) is 0 Å². The zero-order valence-corrected chi connectivity index (χ0v) is 9.69. The molecule has 1 aliphatic rings. The Hall–Kier alpha value is -2.36. The fraction of sp³-hybridized carbons (Fsp3) is 0.143. The van der Waals surface area contributed by atoms with Crippen LogP contribution in [-0.4, -0.2) is 16.7 Å². The van der Waals surface area contributed by atoms with E-state index in [2.05, 4.69) is 0 Å². The van der Waals surface area contributed by atoms with Crippen LogP contribution in [0.4, 0.5) is 0 Å². The highest BCUT2D eigenvalue weighted by Crippen LogP contribution is 2.34. The SMILES string of the molecule is CCc1cc2c(o1)C(=O)c1cccc(O)c1C2=O. The number of carbonyl (C=O) groups is 2. The topological polar surface area (TPSA) is 67.5 Å². The summed E-state index contributed by atoms with van der Waals surface area (Å²) in [6.07, 6.45) is 0.607. The van der Waals surface area contributed by atoms with Crippen LogP contribution < -0.4 is 0 Å². The highest BCUT2D eigenvalue weighted by atomic mass is 16.3. The van der Waals surface area contributed by atoms with E-state index >= 15 is 0 Å². The lowest BCUT2D eigenvalue weighted by atomic mass is 9.88. The van der Waals surface area contributed by atoms with Crippen molar-refractivity contribution >= 4 is 11.6 Å². The molecule has 3 rings (SSSR count). The van der Waals surface area contributed by atoms with Gasteiger partial charge in [0.2, 0.25) is 11.6 Å². The molecule has 1 heterocycles. The molecule has 1 N–H and O–H groups in total. The van der Waals surface area contributed by atoms with E-state index in [9.17, 15) is 14.7 Å². The summed E-state index contributed by atoms with van der Waals surface area (Å²) >= 11 is 0. The van der Waals surface area contributed by atoms with E-state index in [1.54, 1.807) is 6.07 Å². The van der Waals surface area contributed by atoms with E-state index in [1.165, 1.54) is 18.2 Å². The van der Waals surface area contributed by atoms with Gasteiger partial charge < -0.3 is 9.52 Å². The largest absolute Gasteiger partial charge is 0.507 e. The van der Waals surface area contributed by atoms with Crippen molar-refractivity contribution in [3.8, 4) is 5.75 Å². The number of furan rings is 1. The van der Waals surface area contributed by atoms with E-state index in [1.807, 2.05) is 6.92 Å². The number of fused-ring (bicyclic) bond motifs is 2. The Morgan fingerprint density at radius 2 is 1.94 bits per heavy atom. The second-order valence-corrected chi connectivity index (χ2v) is 4.17. The van der Waals surface area contributed by atoms with Gasteiger partial charge in [-0.05, 0) is 18.2 Å². The number of carbonyl (C=O) groups excluding carboxylic acids is 2. The molecule has 4 nitrogen and oxygen atoms in total. The van der Waals surface area contributed by atoms with Gasteiger partial charge in [0.05, 0.1) is 11.1 Å². The van der Waals surface area contributed by atoms with Crippen molar-refractivity contribution in [2.45, 2.75) is 13.3 Å². The summed E-state index contributed by atoms with van der Waals surface area (Å²) in [6.45, 7) is 1.88. The van der Waals surface area contributed by atoms with Crippen molar-refractivity contribution < 1.29 is 19.1 Å². The highest BCUT2D eigenvalue weighted by Gasteiger charge is 2.35. The fourth-order valence-corrected chi connectivity index (χ4v) is 2.18. The average Bonchev–Trinajstić information content (AvgIpc) is 2.80. The van der Waals surface area contributed by atoms with Crippen LogP contribution in [0.3, 0.4) is 0 Å². The summed E-state index contributed by atoms with van der Waals surface area (Å²) < 4.78 is 5.38. The van der Waals surface area contributed by atoms with Crippen LogP contribution in [0.1, 0.15) is 44.7 Å². The number of aromatic hydroxyl groups is 1. The zero-order valence-electron chi connectivity index (χ0n) is 9.69. The number of phenols is 1. The van der Waals surface area contributed by atoms with Crippen LogP contribution in [0.2, 0.25) is 0 Å². The number of hydrogen-bond acceptors (Lipinski definition) is 4. The molecule has 0 aliphatic heterocycles. The molecule has 1 aliphatic carbocycles. The molecule has 0 bridgehead atoms. The molecule has 4 heteroatoms. The van der Waals surface area contributed by atoms with Crippen LogP contribution in [-0.2, 0) is 6.42 Å². The number of ketones is 2. The first-order valence-corrected chi connectivity index (χ1v) is 5.67. The van der Waals surface area contributed by atoms with E-state index in [-0.39, 0.29) is 39.8 Å². The molecule has 0 fully saturated rings. The maximum Gasteiger partial charge on any atom is 0.229 e.